The predicted molar refractivity (Wildman–Crippen MR) is 51.7 cm³/mol. The second-order valence-corrected chi connectivity index (χ2v) is 3.82. The number of carboxylic acid groups (broad SMARTS) is 1. The van der Waals surface area contributed by atoms with Gasteiger partial charge in [0.25, 0.3) is 0 Å². The van der Waals surface area contributed by atoms with E-state index in [1.165, 1.54) is 0 Å². The van der Waals surface area contributed by atoms with E-state index < -0.39 is 5.97 Å². The molecule has 0 aromatic heterocycles. The zero-order valence-corrected chi connectivity index (χ0v) is 8.75. The van der Waals surface area contributed by atoms with Crippen molar-refractivity contribution in [3.05, 3.63) is 0 Å². The Morgan fingerprint density at radius 3 is 2.46 bits per heavy atom. The van der Waals surface area contributed by atoms with Crippen molar-refractivity contribution in [3.8, 4) is 0 Å². The molecule has 1 atom stereocenters. The number of aliphatic carboxylic acids is 1. The van der Waals surface area contributed by atoms with Gasteiger partial charge in [-0.05, 0) is 25.7 Å². The Labute approximate surface area is 80.1 Å². The molecule has 0 spiro atoms. The summed E-state index contributed by atoms with van der Waals surface area (Å²) in [7, 11) is 0. The highest BCUT2D eigenvalue weighted by Crippen LogP contribution is 2.05. The number of rotatable bonds is 7. The van der Waals surface area contributed by atoms with Gasteiger partial charge in [-0.15, -0.1) is 0 Å². The molecule has 0 aliphatic heterocycles. The van der Waals surface area contributed by atoms with E-state index in [4.69, 9.17) is 9.84 Å². The summed E-state index contributed by atoms with van der Waals surface area (Å²) < 4.78 is 5.32. The Kier molecular flexibility index (Phi) is 6.59. The summed E-state index contributed by atoms with van der Waals surface area (Å²) >= 11 is 0. The molecule has 3 nitrogen and oxygen atoms in total. The minimum absolute atomic E-state index is 0.0989. The summed E-state index contributed by atoms with van der Waals surface area (Å²) in [5.41, 5.74) is 0. The van der Waals surface area contributed by atoms with E-state index in [0.29, 0.717) is 12.5 Å². The van der Waals surface area contributed by atoms with Crippen molar-refractivity contribution in [3.63, 3.8) is 0 Å². The van der Waals surface area contributed by atoms with Crippen LogP contribution in [0.2, 0.25) is 0 Å². The van der Waals surface area contributed by atoms with Crippen molar-refractivity contribution in [1.29, 1.82) is 0 Å². The Bertz CT molecular complexity index is 143. The SMILES string of the molecule is CC(C)CCCO[C@@H](C)CC(=O)O. The maximum absolute atomic E-state index is 10.3. The molecular weight excluding hydrogens is 168 g/mol. The molecule has 0 fully saturated rings. The van der Waals surface area contributed by atoms with Gasteiger partial charge in [-0.25, -0.2) is 0 Å². The van der Waals surface area contributed by atoms with Crippen molar-refractivity contribution in [2.75, 3.05) is 6.61 Å². The van der Waals surface area contributed by atoms with E-state index in [0.717, 1.165) is 12.8 Å². The average molecular weight is 188 g/mol. The molecule has 1 N–H and O–H groups in total. The molecule has 0 radical (unpaired) electrons. The minimum Gasteiger partial charge on any atom is -0.481 e. The molecule has 0 rings (SSSR count). The number of carbonyl (C=O) groups is 1. The van der Waals surface area contributed by atoms with E-state index in [9.17, 15) is 4.79 Å². The number of hydrogen-bond acceptors (Lipinski definition) is 2. The molecule has 0 saturated heterocycles. The molecule has 0 amide bonds. The van der Waals surface area contributed by atoms with Gasteiger partial charge in [0.1, 0.15) is 0 Å². The fraction of sp³-hybridized carbons (Fsp3) is 0.900. The summed E-state index contributed by atoms with van der Waals surface area (Å²) in [6.07, 6.45) is 2.09. The van der Waals surface area contributed by atoms with E-state index in [1.807, 2.05) is 0 Å². The second-order valence-electron chi connectivity index (χ2n) is 3.82. The van der Waals surface area contributed by atoms with E-state index in [1.54, 1.807) is 6.92 Å². The van der Waals surface area contributed by atoms with E-state index >= 15 is 0 Å². The highest BCUT2D eigenvalue weighted by atomic mass is 16.5. The lowest BCUT2D eigenvalue weighted by atomic mass is 10.1. The number of hydrogen-bond donors (Lipinski definition) is 1. The molecule has 13 heavy (non-hydrogen) atoms. The van der Waals surface area contributed by atoms with Crippen LogP contribution in [-0.4, -0.2) is 23.8 Å². The first kappa shape index (κ1) is 12.4. The van der Waals surface area contributed by atoms with Gasteiger partial charge in [0.15, 0.2) is 0 Å². The Morgan fingerprint density at radius 2 is 2.00 bits per heavy atom. The van der Waals surface area contributed by atoms with Crippen LogP contribution < -0.4 is 0 Å². The Hall–Kier alpha value is -0.570. The van der Waals surface area contributed by atoms with Crippen LogP contribution in [0.25, 0.3) is 0 Å². The van der Waals surface area contributed by atoms with E-state index in [-0.39, 0.29) is 12.5 Å². The largest absolute Gasteiger partial charge is 0.481 e. The fourth-order valence-electron chi connectivity index (χ4n) is 1.08. The van der Waals surface area contributed by atoms with Crippen LogP contribution in [0.4, 0.5) is 0 Å². The highest BCUT2D eigenvalue weighted by molar-refractivity contribution is 5.67. The van der Waals surface area contributed by atoms with Gasteiger partial charge in [0, 0.05) is 6.61 Å². The smallest absolute Gasteiger partial charge is 0.305 e. The summed E-state index contributed by atoms with van der Waals surface area (Å²) in [5, 5.41) is 8.45. The molecule has 0 aliphatic rings. The third-order valence-corrected chi connectivity index (χ3v) is 1.79. The predicted octanol–water partition coefficient (Wildman–Crippen LogP) is 2.30. The quantitative estimate of drug-likeness (QED) is 0.623. The summed E-state index contributed by atoms with van der Waals surface area (Å²) in [4.78, 5) is 10.3. The maximum Gasteiger partial charge on any atom is 0.305 e. The lowest BCUT2D eigenvalue weighted by Crippen LogP contribution is -2.14. The molecule has 78 valence electrons. The number of ether oxygens (including phenoxy) is 1. The third-order valence-electron chi connectivity index (χ3n) is 1.79. The standard InChI is InChI=1S/C10H20O3/c1-8(2)5-4-6-13-9(3)7-10(11)12/h8-9H,4-7H2,1-3H3,(H,11,12)/t9-/m0/s1. The molecule has 0 saturated carbocycles. The summed E-state index contributed by atoms with van der Waals surface area (Å²) in [5.74, 6) is -0.102. The van der Waals surface area contributed by atoms with Gasteiger partial charge in [-0.2, -0.15) is 0 Å². The molecular formula is C10H20O3. The van der Waals surface area contributed by atoms with Crippen LogP contribution in [0.5, 0.6) is 0 Å². The summed E-state index contributed by atoms with van der Waals surface area (Å²) in [6.45, 7) is 6.80. The maximum atomic E-state index is 10.3. The first-order chi connectivity index (χ1) is 6.02. The summed E-state index contributed by atoms with van der Waals surface area (Å²) in [6, 6.07) is 0. The zero-order chi connectivity index (χ0) is 10.3. The first-order valence-corrected chi connectivity index (χ1v) is 4.85. The molecule has 3 heteroatoms. The lowest BCUT2D eigenvalue weighted by molar-refractivity contribution is -0.139. The second kappa shape index (κ2) is 6.89. The molecule has 0 aliphatic carbocycles. The molecule has 0 bridgehead atoms. The monoisotopic (exact) mass is 188 g/mol. The van der Waals surface area contributed by atoms with Gasteiger partial charge >= 0.3 is 5.97 Å². The molecule has 0 aromatic carbocycles. The van der Waals surface area contributed by atoms with Crippen LogP contribution >= 0.6 is 0 Å². The minimum atomic E-state index is -0.795. The van der Waals surface area contributed by atoms with Gasteiger partial charge in [0.05, 0.1) is 12.5 Å². The van der Waals surface area contributed by atoms with Gasteiger partial charge in [-0.1, -0.05) is 13.8 Å². The van der Waals surface area contributed by atoms with Crippen LogP contribution in [0.1, 0.15) is 40.0 Å². The van der Waals surface area contributed by atoms with Crippen LogP contribution in [0, 0.1) is 5.92 Å². The molecule has 0 heterocycles. The third kappa shape index (κ3) is 9.34. The van der Waals surface area contributed by atoms with Crippen molar-refractivity contribution < 1.29 is 14.6 Å². The van der Waals surface area contributed by atoms with Crippen molar-refractivity contribution in [1.82, 2.24) is 0 Å². The van der Waals surface area contributed by atoms with Crippen LogP contribution in [-0.2, 0) is 9.53 Å². The van der Waals surface area contributed by atoms with Gasteiger partial charge in [0.2, 0.25) is 0 Å². The van der Waals surface area contributed by atoms with Crippen molar-refractivity contribution in [2.24, 2.45) is 5.92 Å². The van der Waals surface area contributed by atoms with Gasteiger partial charge < -0.3 is 9.84 Å². The molecule has 0 aromatic rings. The van der Waals surface area contributed by atoms with Crippen LogP contribution in [0.15, 0.2) is 0 Å². The Morgan fingerprint density at radius 1 is 1.38 bits per heavy atom. The van der Waals surface area contributed by atoms with Gasteiger partial charge in [-0.3, -0.25) is 4.79 Å². The van der Waals surface area contributed by atoms with Crippen molar-refractivity contribution >= 4 is 5.97 Å². The lowest BCUT2D eigenvalue weighted by Gasteiger charge is -2.11. The number of carboxylic acids is 1. The van der Waals surface area contributed by atoms with E-state index in [2.05, 4.69) is 13.8 Å². The average Bonchev–Trinajstić information content (AvgIpc) is 1.96. The topological polar surface area (TPSA) is 46.5 Å². The fourth-order valence-corrected chi connectivity index (χ4v) is 1.08. The first-order valence-electron chi connectivity index (χ1n) is 4.85. The zero-order valence-electron chi connectivity index (χ0n) is 8.75. The normalized spacial score (nSPS) is 13.2. The highest BCUT2D eigenvalue weighted by Gasteiger charge is 2.06. The Balaban J connectivity index is 3.26. The van der Waals surface area contributed by atoms with Crippen LogP contribution in [0.3, 0.4) is 0 Å². The molecule has 0 unspecified atom stereocenters. The van der Waals surface area contributed by atoms with Crippen molar-refractivity contribution in [2.45, 2.75) is 46.1 Å².